The van der Waals surface area contributed by atoms with Crippen LogP contribution in [-0.4, -0.2) is 15.3 Å². The lowest BCUT2D eigenvalue weighted by molar-refractivity contribution is 0.224. The summed E-state index contributed by atoms with van der Waals surface area (Å²) in [7, 11) is 0. The third kappa shape index (κ3) is 2.42. The van der Waals surface area contributed by atoms with Crippen LogP contribution in [0.1, 0.15) is 16.5 Å². The first kappa shape index (κ1) is 13.5. The molecule has 6 heteroatoms. The molecule has 2 heterocycles. The minimum atomic E-state index is -0.775. The van der Waals surface area contributed by atoms with Gasteiger partial charge in [-0.25, -0.2) is 4.39 Å². The summed E-state index contributed by atoms with van der Waals surface area (Å²) in [6.07, 6.45) is 0.818. The molecule has 0 bridgehead atoms. The Morgan fingerprint density at radius 2 is 2.00 bits per heavy atom. The Kier molecular flexibility index (Phi) is 3.69. The number of thiophene rings is 1. The second-order valence-electron chi connectivity index (χ2n) is 4.24. The van der Waals surface area contributed by atoms with Crippen molar-refractivity contribution in [3.05, 3.63) is 62.6 Å². The second-order valence-corrected chi connectivity index (χ2v) is 6.04. The van der Waals surface area contributed by atoms with E-state index in [1.807, 2.05) is 11.4 Å². The third-order valence-corrected chi connectivity index (χ3v) is 4.91. The molecule has 2 N–H and O–H groups in total. The van der Waals surface area contributed by atoms with E-state index in [1.165, 1.54) is 23.5 Å². The number of benzene rings is 1. The number of aliphatic hydroxyl groups excluding tert-OH is 1. The number of H-pyrrole nitrogens is 1. The second kappa shape index (κ2) is 5.47. The molecular weight excluding hydrogens is 343 g/mol. The molecule has 1 unspecified atom stereocenters. The first-order chi connectivity index (χ1) is 9.66. The van der Waals surface area contributed by atoms with Crippen molar-refractivity contribution in [1.82, 2.24) is 10.2 Å². The van der Waals surface area contributed by atoms with Crippen molar-refractivity contribution in [2.24, 2.45) is 0 Å². The molecule has 0 fully saturated rings. The molecule has 0 aliphatic rings. The Labute approximate surface area is 127 Å². The molecule has 1 aromatic carbocycles. The van der Waals surface area contributed by atoms with Crippen LogP contribution in [0.25, 0.3) is 11.3 Å². The highest BCUT2D eigenvalue weighted by molar-refractivity contribution is 9.10. The average molecular weight is 353 g/mol. The van der Waals surface area contributed by atoms with Crippen LogP contribution in [-0.2, 0) is 0 Å². The maximum atomic E-state index is 13.0. The molecular formula is C14H10BrFN2OS. The Morgan fingerprint density at radius 1 is 1.25 bits per heavy atom. The van der Waals surface area contributed by atoms with Gasteiger partial charge in [0.2, 0.25) is 0 Å². The first-order valence-electron chi connectivity index (χ1n) is 5.87. The number of aromatic nitrogens is 2. The van der Waals surface area contributed by atoms with Gasteiger partial charge in [-0.3, -0.25) is 5.10 Å². The van der Waals surface area contributed by atoms with E-state index in [0.29, 0.717) is 11.3 Å². The van der Waals surface area contributed by atoms with E-state index < -0.39 is 6.10 Å². The zero-order chi connectivity index (χ0) is 14.1. The lowest BCUT2D eigenvalue weighted by Gasteiger charge is -2.10. The summed E-state index contributed by atoms with van der Waals surface area (Å²) >= 11 is 4.88. The predicted molar refractivity (Wildman–Crippen MR) is 80.1 cm³/mol. The quantitative estimate of drug-likeness (QED) is 0.744. The maximum Gasteiger partial charge on any atom is 0.123 e. The van der Waals surface area contributed by atoms with Crippen LogP contribution in [0, 0.1) is 5.82 Å². The number of nitrogens with zero attached hydrogens (tertiary/aromatic N) is 1. The van der Waals surface area contributed by atoms with Crippen molar-refractivity contribution in [1.29, 1.82) is 0 Å². The topological polar surface area (TPSA) is 48.9 Å². The molecule has 3 aromatic rings. The van der Waals surface area contributed by atoms with Crippen LogP contribution < -0.4 is 0 Å². The molecule has 0 amide bonds. The summed E-state index contributed by atoms with van der Waals surface area (Å²) in [5.41, 5.74) is 2.14. The van der Waals surface area contributed by atoms with Gasteiger partial charge >= 0.3 is 0 Å². The molecule has 0 aliphatic carbocycles. The van der Waals surface area contributed by atoms with Gasteiger partial charge in [0.15, 0.2) is 0 Å². The molecule has 0 saturated carbocycles. The average Bonchev–Trinajstić information content (AvgIpc) is 3.07. The fourth-order valence-electron chi connectivity index (χ4n) is 1.99. The molecule has 20 heavy (non-hydrogen) atoms. The summed E-state index contributed by atoms with van der Waals surface area (Å²) < 4.78 is 13.8. The zero-order valence-corrected chi connectivity index (χ0v) is 12.6. The normalized spacial score (nSPS) is 12.6. The third-order valence-electron chi connectivity index (χ3n) is 2.99. The molecule has 0 saturated heterocycles. The van der Waals surface area contributed by atoms with Crippen LogP contribution >= 0.6 is 27.3 Å². The molecule has 102 valence electrons. The summed E-state index contributed by atoms with van der Waals surface area (Å²) in [5, 5.41) is 19.2. The molecule has 2 aromatic heterocycles. The van der Waals surface area contributed by atoms with Crippen molar-refractivity contribution in [3.8, 4) is 11.3 Å². The Balaban J connectivity index is 2.02. The van der Waals surface area contributed by atoms with Crippen molar-refractivity contribution in [2.45, 2.75) is 6.10 Å². The smallest absolute Gasteiger partial charge is 0.123 e. The van der Waals surface area contributed by atoms with Crippen LogP contribution in [0.15, 0.2) is 46.4 Å². The highest BCUT2D eigenvalue weighted by Crippen LogP contribution is 2.36. The van der Waals surface area contributed by atoms with E-state index in [-0.39, 0.29) is 5.82 Å². The maximum absolute atomic E-state index is 13.0. The van der Waals surface area contributed by atoms with Crippen LogP contribution in [0.5, 0.6) is 0 Å². The zero-order valence-electron chi connectivity index (χ0n) is 10.2. The molecule has 3 rings (SSSR count). The number of aromatic amines is 1. The summed E-state index contributed by atoms with van der Waals surface area (Å²) in [6.45, 7) is 0. The molecule has 3 nitrogen and oxygen atoms in total. The number of hydrogen-bond donors (Lipinski definition) is 2. The van der Waals surface area contributed by atoms with Crippen molar-refractivity contribution >= 4 is 27.3 Å². The monoisotopic (exact) mass is 352 g/mol. The van der Waals surface area contributed by atoms with Gasteiger partial charge in [-0.1, -0.05) is 0 Å². The highest BCUT2D eigenvalue weighted by atomic mass is 79.9. The Hall–Kier alpha value is -1.50. The van der Waals surface area contributed by atoms with Gasteiger partial charge in [-0.05, 0) is 51.6 Å². The van der Waals surface area contributed by atoms with Crippen LogP contribution in [0.3, 0.4) is 0 Å². The number of hydrogen-bond acceptors (Lipinski definition) is 3. The van der Waals surface area contributed by atoms with E-state index in [2.05, 4.69) is 26.1 Å². The minimum absolute atomic E-state index is 0.295. The predicted octanol–water partition coefficient (Wildman–Crippen LogP) is 4.12. The van der Waals surface area contributed by atoms with Gasteiger partial charge in [0.1, 0.15) is 11.9 Å². The van der Waals surface area contributed by atoms with Gasteiger partial charge in [0.25, 0.3) is 0 Å². The van der Waals surface area contributed by atoms with Gasteiger partial charge < -0.3 is 5.11 Å². The Morgan fingerprint density at radius 3 is 2.65 bits per heavy atom. The lowest BCUT2D eigenvalue weighted by atomic mass is 10.0. The van der Waals surface area contributed by atoms with Gasteiger partial charge in [0, 0.05) is 15.6 Å². The van der Waals surface area contributed by atoms with Gasteiger partial charge in [-0.15, -0.1) is 11.3 Å². The van der Waals surface area contributed by atoms with Crippen molar-refractivity contribution in [2.75, 3.05) is 0 Å². The molecule has 0 aliphatic heterocycles. The van der Waals surface area contributed by atoms with E-state index >= 15 is 0 Å². The summed E-state index contributed by atoms with van der Waals surface area (Å²) in [4.78, 5) is 0.815. The van der Waals surface area contributed by atoms with E-state index in [0.717, 1.165) is 14.9 Å². The van der Waals surface area contributed by atoms with Crippen molar-refractivity contribution < 1.29 is 9.50 Å². The SMILES string of the molecule is OC(c1cn[nH]c1-c1ccc(F)cc1)c1sccc1Br. The van der Waals surface area contributed by atoms with E-state index in [9.17, 15) is 9.50 Å². The van der Waals surface area contributed by atoms with E-state index in [4.69, 9.17) is 0 Å². The number of aliphatic hydroxyl groups is 1. The highest BCUT2D eigenvalue weighted by Gasteiger charge is 2.20. The first-order valence-corrected chi connectivity index (χ1v) is 7.54. The summed E-state index contributed by atoms with van der Waals surface area (Å²) in [5.74, 6) is -0.295. The fraction of sp³-hybridized carbons (Fsp3) is 0.0714. The van der Waals surface area contributed by atoms with Gasteiger partial charge in [-0.2, -0.15) is 5.10 Å². The minimum Gasteiger partial charge on any atom is -0.383 e. The van der Waals surface area contributed by atoms with Crippen LogP contribution in [0.2, 0.25) is 0 Å². The van der Waals surface area contributed by atoms with E-state index in [1.54, 1.807) is 18.3 Å². The van der Waals surface area contributed by atoms with Crippen molar-refractivity contribution in [3.63, 3.8) is 0 Å². The number of nitrogens with one attached hydrogen (secondary N) is 1. The van der Waals surface area contributed by atoms with Gasteiger partial charge in [0.05, 0.1) is 16.8 Å². The number of halogens is 2. The lowest BCUT2D eigenvalue weighted by Crippen LogP contribution is -1.98. The largest absolute Gasteiger partial charge is 0.383 e. The molecule has 1 atom stereocenters. The molecule has 0 spiro atoms. The number of rotatable bonds is 3. The Bertz CT molecular complexity index is 723. The van der Waals surface area contributed by atoms with Crippen LogP contribution in [0.4, 0.5) is 4.39 Å². The molecule has 0 radical (unpaired) electrons. The fourth-order valence-corrected chi connectivity index (χ4v) is 3.58. The summed E-state index contributed by atoms with van der Waals surface area (Å²) in [6, 6.07) is 7.97. The standard InChI is InChI=1S/C14H10BrFN2OS/c15-11-5-6-20-14(11)13(19)10-7-17-18-12(10)8-1-3-9(16)4-2-8/h1-7,13,19H,(H,17,18).